The Morgan fingerprint density at radius 1 is 1.35 bits per heavy atom. The minimum atomic E-state index is -0.320. The fourth-order valence-corrected chi connectivity index (χ4v) is 6.27. The Kier molecular flexibility index (Phi) is 4.67. The molecule has 1 fully saturated rings. The number of anilines is 1. The number of fused-ring (bicyclic) bond motifs is 5. The van der Waals surface area contributed by atoms with Gasteiger partial charge in [0.05, 0.1) is 16.3 Å². The van der Waals surface area contributed by atoms with E-state index in [1.54, 1.807) is 17.0 Å². The Bertz CT molecular complexity index is 1180. The van der Waals surface area contributed by atoms with Crippen LogP contribution in [0.1, 0.15) is 24.5 Å². The van der Waals surface area contributed by atoms with Crippen molar-refractivity contribution in [3.63, 3.8) is 0 Å². The number of benzene rings is 2. The second kappa shape index (κ2) is 7.17. The number of phenolic OH excluding ortho intramolecular Hbond substituents is 1. The van der Waals surface area contributed by atoms with Crippen LogP contribution in [0.2, 0.25) is 0 Å². The van der Waals surface area contributed by atoms with Crippen LogP contribution < -0.4 is 5.32 Å². The molecule has 0 saturated carbocycles. The summed E-state index contributed by atoms with van der Waals surface area (Å²) in [7, 11) is 3.93. The molecule has 3 atom stereocenters. The summed E-state index contributed by atoms with van der Waals surface area (Å²) in [4.78, 5) is 21.8. The average molecular weight is 441 g/mol. The Hall–Kier alpha value is -2.71. The van der Waals surface area contributed by atoms with Gasteiger partial charge in [0.1, 0.15) is 11.6 Å². The Balaban J connectivity index is 1.46. The second-order valence-electron chi connectivity index (χ2n) is 8.88. The molecule has 1 saturated heterocycles. The molecule has 1 aliphatic carbocycles. The Morgan fingerprint density at radius 3 is 2.97 bits per heavy atom. The fourth-order valence-electron chi connectivity index (χ4n) is 5.39. The molecule has 0 radical (unpaired) electrons. The molecule has 0 unspecified atom stereocenters. The van der Waals surface area contributed by atoms with Gasteiger partial charge in [0.25, 0.3) is 0 Å². The Morgan fingerprint density at radius 2 is 2.16 bits per heavy atom. The van der Waals surface area contributed by atoms with Crippen molar-refractivity contribution in [3.8, 4) is 5.75 Å². The number of rotatable bonds is 2. The van der Waals surface area contributed by atoms with E-state index < -0.39 is 0 Å². The van der Waals surface area contributed by atoms with Crippen molar-refractivity contribution in [1.82, 2.24) is 14.8 Å². The normalized spacial score (nSPS) is 25.3. The van der Waals surface area contributed by atoms with Crippen molar-refractivity contribution < 1.29 is 14.3 Å². The SMILES string of the molecule is CN1CC[C@@]2(C)c3cc(O)ccc3C[C@@H]1[C@@H]2N(C)C(=O)Nc1nc2ccc(F)cc2s1. The van der Waals surface area contributed by atoms with E-state index in [0.717, 1.165) is 24.9 Å². The highest BCUT2D eigenvalue weighted by atomic mass is 32.1. The third-order valence-electron chi connectivity index (χ3n) is 7.01. The molecule has 31 heavy (non-hydrogen) atoms. The number of likely N-dealkylation sites (N-methyl/N-ethyl adjacent to an activating group) is 2. The van der Waals surface area contributed by atoms with Gasteiger partial charge in [0.15, 0.2) is 5.13 Å². The molecule has 162 valence electrons. The first-order chi connectivity index (χ1) is 14.8. The molecule has 2 heterocycles. The third-order valence-corrected chi connectivity index (χ3v) is 7.94. The molecule has 0 spiro atoms. The summed E-state index contributed by atoms with van der Waals surface area (Å²) >= 11 is 1.26. The maximum Gasteiger partial charge on any atom is 0.323 e. The Labute approximate surface area is 184 Å². The maximum absolute atomic E-state index is 13.5. The fraction of sp³-hybridized carbons (Fsp3) is 0.391. The van der Waals surface area contributed by atoms with Crippen molar-refractivity contribution in [3.05, 3.63) is 53.3 Å². The highest BCUT2D eigenvalue weighted by molar-refractivity contribution is 7.22. The first kappa shape index (κ1) is 20.2. The number of aromatic nitrogens is 1. The van der Waals surface area contributed by atoms with Crippen LogP contribution in [0.15, 0.2) is 36.4 Å². The van der Waals surface area contributed by atoms with Crippen LogP contribution in [0.25, 0.3) is 10.2 Å². The molecule has 2 aliphatic rings. The van der Waals surface area contributed by atoms with E-state index in [-0.39, 0.29) is 35.1 Å². The molecule has 5 rings (SSSR count). The summed E-state index contributed by atoms with van der Waals surface area (Å²) in [6.45, 7) is 3.13. The van der Waals surface area contributed by atoms with E-state index in [9.17, 15) is 14.3 Å². The molecule has 2 N–H and O–H groups in total. The third kappa shape index (κ3) is 3.25. The number of carbonyl (C=O) groups excluding carboxylic acids is 1. The van der Waals surface area contributed by atoms with Crippen LogP contribution in [0.4, 0.5) is 14.3 Å². The number of phenols is 1. The number of halogens is 1. The minimum Gasteiger partial charge on any atom is -0.508 e. The van der Waals surface area contributed by atoms with Gasteiger partial charge in [0, 0.05) is 18.5 Å². The monoisotopic (exact) mass is 440 g/mol. The molecule has 1 aromatic heterocycles. The van der Waals surface area contributed by atoms with Gasteiger partial charge in [-0.3, -0.25) is 5.32 Å². The van der Waals surface area contributed by atoms with Crippen molar-refractivity contribution in [2.24, 2.45) is 0 Å². The van der Waals surface area contributed by atoms with Gasteiger partial charge in [-0.2, -0.15) is 0 Å². The number of aromatic hydroxyl groups is 1. The van der Waals surface area contributed by atoms with Crippen LogP contribution in [0.3, 0.4) is 0 Å². The number of nitrogens with zero attached hydrogens (tertiary/aromatic N) is 3. The predicted octanol–water partition coefficient (Wildman–Crippen LogP) is 4.19. The molecular weight excluding hydrogens is 415 g/mol. The van der Waals surface area contributed by atoms with Crippen molar-refractivity contribution in [2.45, 2.75) is 37.3 Å². The van der Waals surface area contributed by atoms with Gasteiger partial charge < -0.3 is 14.9 Å². The zero-order valence-electron chi connectivity index (χ0n) is 17.7. The number of urea groups is 1. The summed E-state index contributed by atoms with van der Waals surface area (Å²) in [5, 5.41) is 13.5. The summed E-state index contributed by atoms with van der Waals surface area (Å²) in [6.07, 6.45) is 1.71. The van der Waals surface area contributed by atoms with Crippen LogP contribution in [-0.4, -0.2) is 58.6 Å². The van der Waals surface area contributed by atoms with Crippen LogP contribution in [0, 0.1) is 5.82 Å². The molecule has 1 aliphatic heterocycles. The summed E-state index contributed by atoms with van der Waals surface area (Å²) in [5.41, 5.74) is 2.74. The molecule has 6 nitrogen and oxygen atoms in total. The number of amides is 2. The van der Waals surface area contributed by atoms with Gasteiger partial charge in [-0.25, -0.2) is 14.2 Å². The lowest BCUT2D eigenvalue weighted by Gasteiger charge is -2.57. The van der Waals surface area contributed by atoms with Gasteiger partial charge >= 0.3 is 6.03 Å². The van der Waals surface area contributed by atoms with E-state index in [2.05, 4.69) is 29.2 Å². The molecule has 3 aromatic rings. The van der Waals surface area contributed by atoms with E-state index in [1.807, 2.05) is 19.2 Å². The summed E-state index contributed by atoms with van der Waals surface area (Å²) < 4.78 is 14.2. The molecule has 2 amide bonds. The van der Waals surface area contributed by atoms with E-state index in [0.29, 0.717) is 15.3 Å². The number of nitrogens with one attached hydrogen (secondary N) is 1. The first-order valence-electron chi connectivity index (χ1n) is 10.4. The summed E-state index contributed by atoms with van der Waals surface area (Å²) in [6, 6.07) is 9.89. The number of carbonyl (C=O) groups is 1. The maximum atomic E-state index is 13.5. The number of thiazole rings is 1. The van der Waals surface area contributed by atoms with E-state index in [4.69, 9.17) is 0 Å². The van der Waals surface area contributed by atoms with Gasteiger partial charge in [0.2, 0.25) is 0 Å². The van der Waals surface area contributed by atoms with E-state index >= 15 is 0 Å². The van der Waals surface area contributed by atoms with Gasteiger partial charge in [-0.1, -0.05) is 24.3 Å². The minimum absolute atomic E-state index is 0.0626. The number of piperidine rings is 1. The van der Waals surface area contributed by atoms with Gasteiger partial charge in [-0.05, 0) is 67.9 Å². The average Bonchev–Trinajstić information content (AvgIpc) is 3.12. The zero-order chi connectivity index (χ0) is 21.9. The number of likely N-dealkylation sites (tertiary alicyclic amines) is 1. The zero-order valence-corrected chi connectivity index (χ0v) is 18.5. The molecule has 2 aromatic carbocycles. The highest BCUT2D eigenvalue weighted by Gasteiger charge is 2.52. The second-order valence-corrected chi connectivity index (χ2v) is 9.91. The van der Waals surface area contributed by atoms with Crippen molar-refractivity contribution in [2.75, 3.05) is 26.0 Å². The van der Waals surface area contributed by atoms with Crippen LogP contribution in [-0.2, 0) is 11.8 Å². The van der Waals surface area contributed by atoms with Crippen LogP contribution >= 0.6 is 11.3 Å². The molecule has 2 bridgehead atoms. The van der Waals surface area contributed by atoms with Crippen molar-refractivity contribution >= 4 is 32.7 Å². The lowest BCUT2D eigenvalue weighted by atomic mass is 9.61. The standard InChI is InChI=1S/C23H25FN4O2S/c1-23-8-9-27(2)18(10-13-4-6-15(29)12-16(13)23)20(23)28(3)22(30)26-21-25-17-7-5-14(24)11-19(17)31-21/h4-7,11-12,18,20,29H,8-10H2,1-3H3,(H,25,26,30)/t18-,20+,23+/m1/s1. The largest absolute Gasteiger partial charge is 0.508 e. The smallest absolute Gasteiger partial charge is 0.323 e. The van der Waals surface area contributed by atoms with Crippen LogP contribution in [0.5, 0.6) is 5.75 Å². The topological polar surface area (TPSA) is 68.7 Å². The predicted molar refractivity (Wildman–Crippen MR) is 120 cm³/mol. The van der Waals surface area contributed by atoms with Gasteiger partial charge in [-0.15, -0.1) is 0 Å². The summed E-state index contributed by atoms with van der Waals surface area (Å²) in [5.74, 6) is -0.0658. The highest BCUT2D eigenvalue weighted by Crippen LogP contribution is 2.47. The number of hydrogen-bond donors (Lipinski definition) is 2. The van der Waals surface area contributed by atoms with E-state index in [1.165, 1.54) is 29.0 Å². The molecular formula is C23H25FN4O2S. The first-order valence-corrected chi connectivity index (χ1v) is 11.2. The quantitative estimate of drug-likeness (QED) is 0.627. The van der Waals surface area contributed by atoms with Crippen molar-refractivity contribution in [1.29, 1.82) is 0 Å². The molecule has 8 heteroatoms. The lowest BCUT2D eigenvalue weighted by molar-refractivity contribution is 0.0213. The number of hydrogen-bond acceptors (Lipinski definition) is 5. The lowest BCUT2D eigenvalue weighted by Crippen LogP contribution is -2.67.